The first-order valence-corrected chi connectivity index (χ1v) is 11.4. The first-order chi connectivity index (χ1) is 15.4. The number of aromatic amines is 1. The molecular formula is C24H34FN5O3+2. The van der Waals surface area contributed by atoms with Crippen molar-refractivity contribution < 1.29 is 27.7 Å². The van der Waals surface area contributed by atoms with Crippen LogP contribution in [0.15, 0.2) is 24.5 Å². The Morgan fingerprint density at radius 3 is 2.52 bits per heavy atom. The van der Waals surface area contributed by atoms with E-state index in [0.717, 1.165) is 28.7 Å². The highest BCUT2D eigenvalue weighted by atomic mass is 19.1. The van der Waals surface area contributed by atoms with E-state index in [9.17, 15) is 14.0 Å². The zero-order valence-electron chi connectivity index (χ0n) is 20.3. The molecule has 0 spiro atoms. The van der Waals surface area contributed by atoms with E-state index in [1.54, 1.807) is 35.5 Å². The molecule has 178 valence electrons. The van der Waals surface area contributed by atoms with Gasteiger partial charge in [-0.1, -0.05) is 18.4 Å². The molecule has 9 heteroatoms. The number of hydrogen-bond acceptors (Lipinski definition) is 3. The van der Waals surface area contributed by atoms with Crippen LogP contribution < -0.4 is 4.52 Å². The van der Waals surface area contributed by atoms with E-state index < -0.39 is 11.4 Å². The number of pyridine rings is 1. The van der Waals surface area contributed by atoms with Crippen molar-refractivity contribution in [2.75, 3.05) is 46.8 Å². The molecule has 0 atom stereocenters. The summed E-state index contributed by atoms with van der Waals surface area (Å²) in [6, 6.07) is 2.97. The van der Waals surface area contributed by atoms with E-state index in [4.69, 9.17) is 4.74 Å². The number of piperazine rings is 1. The fourth-order valence-electron chi connectivity index (χ4n) is 4.66. The molecule has 1 N–H and O–H groups in total. The van der Waals surface area contributed by atoms with Gasteiger partial charge in [0.15, 0.2) is 5.82 Å². The van der Waals surface area contributed by atoms with Crippen LogP contribution in [-0.4, -0.2) is 84.3 Å². The van der Waals surface area contributed by atoms with Gasteiger partial charge in [0.2, 0.25) is 11.7 Å². The molecule has 1 fully saturated rings. The van der Waals surface area contributed by atoms with Crippen molar-refractivity contribution in [1.29, 1.82) is 0 Å². The van der Waals surface area contributed by atoms with Crippen LogP contribution in [0, 0.1) is 5.82 Å². The smallest absolute Gasteiger partial charge is 0.342 e. The Labute approximate surface area is 193 Å². The standard InChI is InChI=1S/C24H33FN5O3/c1-16(2)33-22(31)18-14-28(23(32)27-9-11-30(5,6)12-10-27)15-24(3,4)20-19-8-7-17(25)13-29(19)26-21(18)20/h7-8,13-14,16H,9-12,15H2,1-6H3/q+1/p+1. The molecule has 4 rings (SSSR count). The predicted molar refractivity (Wildman–Crippen MR) is 122 cm³/mol. The quantitative estimate of drug-likeness (QED) is 0.426. The van der Waals surface area contributed by atoms with Crippen LogP contribution in [0.5, 0.6) is 0 Å². The number of hydrogen-bond donors (Lipinski definition) is 1. The average Bonchev–Trinajstić information content (AvgIpc) is 3.03. The topological polar surface area (TPSA) is 69.7 Å². The molecule has 0 unspecified atom stereocenters. The van der Waals surface area contributed by atoms with E-state index in [1.165, 1.54) is 12.3 Å². The number of ether oxygens (including phenoxy) is 1. The van der Waals surface area contributed by atoms with Crippen molar-refractivity contribution in [3.63, 3.8) is 0 Å². The summed E-state index contributed by atoms with van der Waals surface area (Å²) in [7, 11) is 4.32. The molecule has 33 heavy (non-hydrogen) atoms. The Hall–Kier alpha value is -2.94. The van der Waals surface area contributed by atoms with Gasteiger partial charge in [0.1, 0.15) is 11.3 Å². The summed E-state index contributed by atoms with van der Waals surface area (Å²) in [4.78, 5) is 30.2. The van der Waals surface area contributed by atoms with Crippen LogP contribution in [0.4, 0.5) is 9.18 Å². The third kappa shape index (κ3) is 4.46. The van der Waals surface area contributed by atoms with Crippen LogP contribution >= 0.6 is 0 Å². The fraction of sp³-hybridized carbons (Fsp3) is 0.542. The second-order valence-corrected chi connectivity index (χ2v) is 10.6. The third-order valence-corrected chi connectivity index (χ3v) is 6.48. The molecule has 0 bridgehead atoms. The highest BCUT2D eigenvalue weighted by Crippen LogP contribution is 2.37. The lowest BCUT2D eigenvalue weighted by Crippen LogP contribution is -2.58. The maximum atomic E-state index is 13.9. The minimum atomic E-state index is -0.522. The maximum Gasteiger partial charge on any atom is 0.342 e. The summed E-state index contributed by atoms with van der Waals surface area (Å²) < 4.78 is 21.9. The minimum Gasteiger partial charge on any atom is -0.459 e. The van der Waals surface area contributed by atoms with E-state index in [-0.39, 0.29) is 23.5 Å². The number of rotatable bonds is 2. The number of carbonyl (C=O) groups excluding carboxylic acids is 2. The molecule has 1 saturated heterocycles. The lowest BCUT2D eigenvalue weighted by atomic mass is 9.82. The summed E-state index contributed by atoms with van der Waals surface area (Å²) in [5.74, 6) is -0.911. The molecule has 0 saturated carbocycles. The van der Waals surface area contributed by atoms with Gasteiger partial charge in [-0.2, -0.15) is 5.10 Å². The number of carbonyl (C=O) groups is 2. The zero-order chi connectivity index (χ0) is 24.1. The molecule has 4 heterocycles. The normalized spacial score (nSPS) is 19.8. The molecule has 0 aromatic carbocycles. The number of aromatic nitrogens is 2. The zero-order valence-corrected chi connectivity index (χ0v) is 20.3. The van der Waals surface area contributed by atoms with E-state index in [1.807, 2.05) is 18.7 Å². The number of likely N-dealkylation sites (N-methyl/N-ethyl adjacent to an activating group) is 1. The molecule has 2 aromatic heterocycles. The average molecular weight is 460 g/mol. The number of H-pyrrole nitrogens is 1. The maximum absolute atomic E-state index is 13.9. The number of amides is 2. The lowest BCUT2D eigenvalue weighted by Gasteiger charge is -2.41. The molecule has 2 aromatic rings. The Morgan fingerprint density at radius 1 is 1.21 bits per heavy atom. The van der Waals surface area contributed by atoms with Crippen molar-refractivity contribution in [3.05, 3.63) is 41.6 Å². The van der Waals surface area contributed by atoms with Crippen molar-refractivity contribution in [2.45, 2.75) is 39.2 Å². The number of halogens is 1. The third-order valence-electron chi connectivity index (χ3n) is 6.48. The number of nitrogens with one attached hydrogen (secondary N) is 1. The first kappa shape index (κ1) is 23.2. The first-order valence-electron chi connectivity index (χ1n) is 11.4. The summed E-state index contributed by atoms with van der Waals surface area (Å²) in [5, 5.41) is 3.16. The SMILES string of the molecule is CC(C)OC(=O)C1=CN(C(=O)N2CC[N+](C)(C)CC2)CC(C)(C)c2c1[nH][n+]1cc(F)ccc21. The van der Waals surface area contributed by atoms with Gasteiger partial charge < -0.3 is 14.1 Å². The second kappa shape index (κ2) is 8.13. The van der Waals surface area contributed by atoms with Crippen molar-refractivity contribution in [1.82, 2.24) is 14.9 Å². The van der Waals surface area contributed by atoms with Crippen LogP contribution in [0.25, 0.3) is 11.1 Å². The number of urea groups is 1. The highest BCUT2D eigenvalue weighted by Gasteiger charge is 2.42. The van der Waals surface area contributed by atoms with Gasteiger partial charge in [0, 0.05) is 24.2 Å². The second-order valence-electron chi connectivity index (χ2n) is 10.6. The largest absolute Gasteiger partial charge is 0.459 e. The van der Waals surface area contributed by atoms with Crippen LogP contribution in [0.1, 0.15) is 39.0 Å². The Morgan fingerprint density at radius 2 is 1.88 bits per heavy atom. The van der Waals surface area contributed by atoms with Gasteiger partial charge in [-0.3, -0.25) is 4.90 Å². The fourth-order valence-corrected chi connectivity index (χ4v) is 4.66. The van der Waals surface area contributed by atoms with Gasteiger partial charge in [-0.15, -0.1) is 0 Å². The number of nitrogens with zero attached hydrogens (tertiary/aromatic N) is 4. The van der Waals surface area contributed by atoms with E-state index in [2.05, 4.69) is 19.2 Å². The van der Waals surface area contributed by atoms with Gasteiger partial charge in [-0.05, 0) is 19.9 Å². The van der Waals surface area contributed by atoms with Crippen LogP contribution in [0.2, 0.25) is 0 Å². The van der Waals surface area contributed by atoms with E-state index in [0.29, 0.717) is 25.3 Å². The molecule has 2 amide bonds. The van der Waals surface area contributed by atoms with Crippen molar-refractivity contribution >= 4 is 23.1 Å². The number of fused-ring (bicyclic) bond motifs is 3. The highest BCUT2D eigenvalue weighted by molar-refractivity contribution is 6.17. The predicted octanol–water partition coefficient (Wildman–Crippen LogP) is 2.29. The molecule has 8 nitrogen and oxygen atoms in total. The molecule has 2 aliphatic heterocycles. The van der Waals surface area contributed by atoms with Crippen LogP contribution in [-0.2, 0) is 14.9 Å². The molecule has 2 aliphatic rings. The van der Waals surface area contributed by atoms with Crippen molar-refractivity contribution in [3.8, 4) is 0 Å². The monoisotopic (exact) mass is 459 g/mol. The summed E-state index contributed by atoms with van der Waals surface area (Å²) in [6.07, 6.45) is 2.63. The minimum absolute atomic E-state index is 0.120. The van der Waals surface area contributed by atoms with Gasteiger partial charge in [-0.25, -0.2) is 14.0 Å². The Bertz CT molecular complexity index is 1120. The summed E-state index contributed by atoms with van der Waals surface area (Å²) in [6.45, 7) is 11.1. The van der Waals surface area contributed by atoms with Crippen LogP contribution in [0.3, 0.4) is 0 Å². The number of esters is 1. The summed E-state index contributed by atoms with van der Waals surface area (Å²) >= 11 is 0. The van der Waals surface area contributed by atoms with E-state index >= 15 is 0 Å². The Balaban J connectivity index is 1.80. The molecular weight excluding hydrogens is 425 g/mol. The van der Waals surface area contributed by atoms with Gasteiger partial charge in [0.25, 0.3) is 0 Å². The molecule has 0 aliphatic carbocycles. The number of quaternary nitrogens is 1. The Kier molecular flexibility index (Phi) is 5.72. The molecule has 0 radical (unpaired) electrons. The van der Waals surface area contributed by atoms with Crippen molar-refractivity contribution in [2.24, 2.45) is 0 Å². The van der Waals surface area contributed by atoms with Gasteiger partial charge >= 0.3 is 12.0 Å². The lowest BCUT2D eigenvalue weighted by molar-refractivity contribution is -0.894. The van der Waals surface area contributed by atoms with Gasteiger partial charge in [0.05, 0.1) is 51.9 Å². The summed E-state index contributed by atoms with van der Waals surface area (Å²) in [5.41, 5.74) is 1.89.